The normalized spacial score (nSPS) is 19.4. The summed E-state index contributed by atoms with van der Waals surface area (Å²) in [5.74, 6) is 0.0379. The molecule has 0 atom stereocenters. The Morgan fingerprint density at radius 3 is 2.47 bits per heavy atom. The van der Waals surface area contributed by atoms with E-state index in [0.717, 1.165) is 0 Å². The molecule has 0 radical (unpaired) electrons. The van der Waals surface area contributed by atoms with Crippen molar-refractivity contribution in [2.45, 2.75) is 32.8 Å². The van der Waals surface area contributed by atoms with Crippen LogP contribution in [-0.4, -0.2) is 44.3 Å². The molecule has 0 unspecified atom stereocenters. The molecule has 98 valence electrons. The van der Waals surface area contributed by atoms with E-state index in [1.165, 1.54) is 4.31 Å². The van der Waals surface area contributed by atoms with Crippen LogP contribution in [0.1, 0.15) is 26.7 Å². The van der Waals surface area contributed by atoms with E-state index in [1.807, 2.05) is 13.8 Å². The van der Waals surface area contributed by atoms with E-state index in [9.17, 15) is 8.42 Å². The van der Waals surface area contributed by atoms with Gasteiger partial charge in [-0.2, -0.15) is 5.26 Å². The van der Waals surface area contributed by atoms with Crippen molar-refractivity contribution < 1.29 is 13.2 Å². The minimum atomic E-state index is -3.21. The van der Waals surface area contributed by atoms with Gasteiger partial charge < -0.3 is 4.74 Å². The minimum Gasteiger partial charge on any atom is -0.378 e. The molecule has 1 rings (SSSR count). The molecule has 1 heterocycles. The fraction of sp³-hybridized carbons (Fsp3) is 0.909. The summed E-state index contributed by atoms with van der Waals surface area (Å²) < 4.78 is 30.6. The van der Waals surface area contributed by atoms with Gasteiger partial charge in [-0.15, -0.1) is 0 Å². The minimum absolute atomic E-state index is 0.00774. The summed E-state index contributed by atoms with van der Waals surface area (Å²) in [7, 11) is -3.21. The Bertz CT molecular complexity index is 365. The smallest absolute Gasteiger partial charge is 0.216 e. The molecule has 0 aliphatic carbocycles. The monoisotopic (exact) mass is 260 g/mol. The third-order valence-electron chi connectivity index (χ3n) is 2.82. The lowest BCUT2D eigenvalue weighted by Crippen LogP contribution is -2.40. The third kappa shape index (κ3) is 4.62. The molecule has 0 N–H and O–H groups in total. The summed E-state index contributed by atoms with van der Waals surface area (Å²) in [6.45, 7) is 4.92. The number of hydrogen-bond donors (Lipinski definition) is 0. The van der Waals surface area contributed by atoms with Crippen molar-refractivity contribution in [2.75, 3.05) is 25.4 Å². The standard InChI is InChI=1S/C11H20N2O3S/c1-10(2)16-7-8-17(14,15)13-5-3-11(9-12)4-6-13/h10-11H,3-8H2,1-2H3. The van der Waals surface area contributed by atoms with Crippen molar-refractivity contribution in [3.05, 3.63) is 0 Å². The molecule has 1 saturated heterocycles. The van der Waals surface area contributed by atoms with E-state index >= 15 is 0 Å². The second-order valence-corrected chi connectivity index (χ2v) is 6.63. The zero-order valence-corrected chi connectivity index (χ0v) is 11.2. The van der Waals surface area contributed by atoms with Crippen LogP contribution >= 0.6 is 0 Å². The Morgan fingerprint density at radius 1 is 1.41 bits per heavy atom. The van der Waals surface area contributed by atoms with Gasteiger partial charge in [-0.25, -0.2) is 12.7 Å². The van der Waals surface area contributed by atoms with Crippen LogP contribution in [0.25, 0.3) is 0 Å². The molecule has 0 bridgehead atoms. The first-order valence-electron chi connectivity index (χ1n) is 5.94. The van der Waals surface area contributed by atoms with Gasteiger partial charge in [0.05, 0.1) is 24.5 Å². The lowest BCUT2D eigenvalue weighted by atomic mass is 10.0. The number of nitriles is 1. The van der Waals surface area contributed by atoms with E-state index in [2.05, 4.69) is 6.07 Å². The van der Waals surface area contributed by atoms with Gasteiger partial charge in [-0.05, 0) is 26.7 Å². The molecule has 1 aliphatic heterocycles. The SMILES string of the molecule is CC(C)OCCS(=O)(=O)N1CCC(C#N)CC1. The van der Waals surface area contributed by atoms with Crippen LogP contribution in [0.15, 0.2) is 0 Å². The zero-order chi connectivity index (χ0) is 12.9. The highest BCUT2D eigenvalue weighted by atomic mass is 32.2. The van der Waals surface area contributed by atoms with Crippen molar-refractivity contribution in [1.82, 2.24) is 4.31 Å². The van der Waals surface area contributed by atoms with E-state index in [-0.39, 0.29) is 24.4 Å². The Labute approximate surface area is 103 Å². The zero-order valence-electron chi connectivity index (χ0n) is 10.4. The third-order valence-corrected chi connectivity index (χ3v) is 4.66. The Hall–Kier alpha value is -0.640. The second kappa shape index (κ2) is 6.34. The average molecular weight is 260 g/mol. The number of sulfonamides is 1. The van der Waals surface area contributed by atoms with Crippen LogP contribution in [0.3, 0.4) is 0 Å². The maximum Gasteiger partial charge on any atom is 0.216 e. The average Bonchev–Trinajstić information content (AvgIpc) is 2.28. The van der Waals surface area contributed by atoms with Crippen molar-refractivity contribution in [3.63, 3.8) is 0 Å². The maximum atomic E-state index is 11.9. The van der Waals surface area contributed by atoms with E-state index in [4.69, 9.17) is 10.00 Å². The molecule has 0 saturated carbocycles. The second-order valence-electron chi connectivity index (χ2n) is 4.54. The maximum absolute atomic E-state index is 11.9. The van der Waals surface area contributed by atoms with Crippen LogP contribution in [0.2, 0.25) is 0 Å². The molecule has 1 fully saturated rings. The Balaban J connectivity index is 2.41. The predicted molar refractivity (Wildman–Crippen MR) is 64.8 cm³/mol. The fourth-order valence-electron chi connectivity index (χ4n) is 1.78. The van der Waals surface area contributed by atoms with Crippen molar-refractivity contribution in [3.8, 4) is 6.07 Å². The summed E-state index contributed by atoms with van der Waals surface area (Å²) in [5.41, 5.74) is 0. The Kier molecular flexibility index (Phi) is 5.37. The number of hydrogen-bond acceptors (Lipinski definition) is 4. The fourth-order valence-corrected chi connectivity index (χ4v) is 3.11. The van der Waals surface area contributed by atoms with Crippen LogP contribution in [-0.2, 0) is 14.8 Å². The molecule has 1 aliphatic rings. The quantitative estimate of drug-likeness (QED) is 0.738. The molecular formula is C11H20N2O3S. The number of rotatable bonds is 5. The first-order valence-corrected chi connectivity index (χ1v) is 7.55. The molecule has 0 amide bonds. The molecule has 0 aromatic carbocycles. The lowest BCUT2D eigenvalue weighted by Gasteiger charge is -2.28. The predicted octanol–water partition coefficient (Wildman–Crippen LogP) is 0.977. The van der Waals surface area contributed by atoms with Crippen LogP contribution in [0.4, 0.5) is 0 Å². The Morgan fingerprint density at radius 2 is 2.00 bits per heavy atom. The van der Waals surface area contributed by atoms with E-state index < -0.39 is 10.0 Å². The largest absolute Gasteiger partial charge is 0.378 e. The highest BCUT2D eigenvalue weighted by Crippen LogP contribution is 2.18. The topological polar surface area (TPSA) is 70.4 Å². The molecule has 0 aromatic heterocycles. The molecule has 0 aromatic rings. The summed E-state index contributed by atoms with van der Waals surface area (Å²) in [4.78, 5) is 0. The first-order chi connectivity index (χ1) is 7.95. The van der Waals surface area contributed by atoms with Crippen molar-refractivity contribution in [2.24, 2.45) is 5.92 Å². The molecular weight excluding hydrogens is 240 g/mol. The summed E-state index contributed by atoms with van der Waals surface area (Å²) in [6, 6.07) is 2.19. The van der Waals surface area contributed by atoms with Gasteiger partial charge in [0.2, 0.25) is 10.0 Å². The number of nitrogens with zero attached hydrogens (tertiary/aromatic N) is 2. The molecule has 0 spiro atoms. The number of piperidine rings is 1. The highest BCUT2D eigenvalue weighted by molar-refractivity contribution is 7.89. The lowest BCUT2D eigenvalue weighted by molar-refractivity contribution is 0.0905. The van der Waals surface area contributed by atoms with Gasteiger partial charge >= 0.3 is 0 Å². The summed E-state index contributed by atoms with van der Waals surface area (Å²) >= 11 is 0. The van der Waals surface area contributed by atoms with Gasteiger partial charge in [0.1, 0.15) is 0 Å². The molecule has 6 heteroatoms. The van der Waals surface area contributed by atoms with Crippen molar-refractivity contribution >= 4 is 10.0 Å². The summed E-state index contributed by atoms with van der Waals surface area (Å²) in [6.07, 6.45) is 1.33. The molecule has 17 heavy (non-hydrogen) atoms. The van der Waals surface area contributed by atoms with Gasteiger partial charge in [-0.1, -0.05) is 0 Å². The highest BCUT2D eigenvalue weighted by Gasteiger charge is 2.27. The van der Waals surface area contributed by atoms with Gasteiger partial charge in [0.25, 0.3) is 0 Å². The van der Waals surface area contributed by atoms with E-state index in [1.54, 1.807) is 0 Å². The summed E-state index contributed by atoms with van der Waals surface area (Å²) in [5, 5.41) is 8.74. The van der Waals surface area contributed by atoms with Gasteiger partial charge in [-0.3, -0.25) is 0 Å². The van der Waals surface area contributed by atoms with Gasteiger partial charge in [0, 0.05) is 19.0 Å². The van der Waals surface area contributed by atoms with Crippen molar-refractivity contribution in [1.29, 1.82) is 5.26 Å². The van der Waals surface area contributed by atoms with Gasteiger partial charge in [0.15, 0.2) is 0 Å². The van der Waals surface area contributed by atoms with Crippen LogP contribution in [0, 0.1) is 17.2 Å². The van der Waals surface area contributed by atoms with Crippen LogP contribution in [0.5, 0.6) is 0 Å². The van der Waals surface area contributed by atoms with Crippen LogP contribution < -0.4 is 0 Å². The molecule has 5 nitrogen and oxygen atoms in total. The number of ether oxygens (including phenoxy) is 1. The van der Waals surface area contributed by atoms with E-state index in [0.29, 0.717) is 25.9 Å². The first kappa shape index (κ1) is 14.4.